The molecule has 1 aliphatic rings. The second kappa shape index (κ2) is 8.65. The van der Waals surface area contributed by atoms with Gasteiger partial charge in [-0.15, -0.1) is 0 Å². The third-order valence-electron chi connectivity index (χ3n) is 4.99. The Morgan fingerprint density at radius 3 is 2.68 bits per heavy atom. The largest absolute Gasteiger partial charge is 0.372 e. The molecule has 0 unspecified atom stereocenters. The van der Waals surface area contributed by atoms with Gasteiger partial charge in [0.25, 0.3) is 0 Å². The van der Waals surface area contributed by atoms with Crippen LogP contribution in [0.2, 0.25) is 0 Å². The van der Waals surface area contributed by atoms with Gasteiger partial charge in [-0.2, -0.15) is 5.10 Å². The number of nitrogens with zero attached hydrogens (tertiary/aromatic N) is 4. The van der Waals surface area contributed by atoms with Gasteiger partial charge in [0.1, 0.15) is 12.7 Å². The van der Waals surface area contributed by atoms with E-state index in [4.69, 9.17) is 0 Å². The summed E-state index contributed by atoms with van der Waals surface area (Å²) in [5.41, 5.74) is 2.38. The van der Waals surface area contributed by atoms with Crippen molar-refractivity contribution in [2.24, 2.45) is 0 Å². The minimum absolute atomic E-state index is 0.0268. The summed E-state index contributed by atoms with van der Waals surface area (Å²) in [6.07, 6.45) is 10.1. The van der Waals surface area contributed by atoms with Crippen LogP contribution >= 0.6 is 0 Å². The van der Waals surface area contributed by atoms with E-state index in [9.17, 15) is 4.79 Å². The molecule has 1 amide bonds. The minimum Gasteiger partial charge on any atom is -0.372 e. The summed E-state index contributed by atoms with van der Waals surface area (Å²) in [4.78, 5) is 18.2. The van der Waals surface area contributed by atoms with Gasteiger partial charge in [0, 0.05) is 31.7 Å². The fraction of sp³-hybridized carbons (Fsp3) is 0.526. The minimum atomic E-state index is 0.0268. The van der Waals surface area contributed by atoms with E-state index in [1.807, 2.05) is 0 Å². The number of hydrogen-bond acceptors (Lipinski definition) is 4. The topological polar surface area (TPSA) is 63.1 Å². The number of carbonyl (C=O) groups is 1. The molecule has 0 bridgehead atoms. The van der Waals surface area contributed by atoms with Gasteiger partial charge in [-0.1, -0.05) is 31.4 Å². The Morgan fingerprint density at radius 2 is 2.00 bits per heavy atom. The molecular weight excluding hydrogens is 314 g/mol. The quantitative estimate of drug-likeness (QED) is 0.841. The van der Waals surface area contributed by atoms with Gasteiger partial charge < -0.3 is 10.2 Å². The summed E-state index contributed by atoms with van der Waals surface area (Å²) in [7, 11) is 2.19. The van der Waals surface area contributed by atoms with E-state index in [-0.39, 0.29) is 5.91 Å². The summed E-state index contributed by atoms with van der Waals surface area (Å²) in [6, 6.07) is 9.19. The molecule has 3 rings (SSSR count). The van der Waals surface area contributed by atoms with Gasteiger partial charge in [0.15, 0.2) is 0 Å². The molecule has 6 heteroatoms. The van der Waals surface area contributed by atoms with Gasteiger partial charge in [-0.3, -0.25) is 9.48 Å². The van der Waals surface area contributed by atoms with E-state index >= 15 is 0 Å². The predicted molar refractivity (Wildman–Crippen MR) is 98.2 cm³/mol. The maximum absolute atomic E-state index is 11.9. The molecule has 0 saturated heterocycles. The molecule has 6 nitrogen and oxygen atoms in total. The second-order valence-electron chi connectivity index (χ2n) is 6.75. The van der Waals surface area contributed by atoms with Crippen LogP contribution in [-0.2, 0) is 17.9 Å². The van der Waals surface area contributed by atoms with Crippen LogP contribution < -0.4 is 10.2 Å². The number of anilines is 1. The number of aromatic nitrogens is 3. The van der Waals surface area contributed by atoms with Crippen molar-refractivity contribution in [2.45, 2.75) is 57.7 Å². The first-order valence-corrected chi connectivity index (χ1v) is 9.13. The van der Waals surface area contributed by atoms with E-state index in [0.717, 1.165) is 5.56 Å². The molecule has 0 atom stereocenters. The lowest BCUT2D eigenvalue weighted by Crippen LogP contribution is -2.33. The van der Waals surface area contributed by atoms with Crippen molar-refractivity contribution in [3.8, 4) is 0 Å². The summed E-state index contributed by atoms with van der Waals surface area (Å²) in [6.45, 7) is 1.11. The monoisotopic (exact) mass is 341 g/mol. The molecule has 1 heterocycles. The van der Waals surface area contributed by atoms with Crippen LogP contribution in [0.5, 0.6) is 0 Å². The van der Waals surface area contributed by atoms with E-state index in [1.54, 1.807) is 11.0 Å². The molecule has 0 aliphatic heterocycles. The average Bonchev–Trinajstić information content (AvgIpc) is 3.19. The molecule has 1 aromatic carbocycles. The Bertz CT molecular complexity index is 647. The maximum Gasteiger partial charge on any atom is 0.222 e. The highest BCUT2D eigenvalue weighted by Gasteiger charge is 2.18. The van der Waals surface area contributed by atoms with Crippen molar-refractivity contribution in [2.75, 3.05) is 11.9 Å². The van der Waals surface area contributed by atoms with Gasteiger partial charge in [0.2, 0.25) is 5.91 Å². The second-order valence-corrected chi connectivity index (χ2v) is 6.75. The number of rotatable bonds is 7. The van der Waals surface area contributed by atoms with Gasteiger partial charge in [-0.25, -0.2) is 4.98 Å². The highest BCUT2D eigenvalue weighted by Crippen LogP contribution is 2.26. The smallest absolute Gasteiger partial charge is 0.222 e. The molecular formula is C19H27N5O. The third kappa shape index (κ3) is 5.05. The van der Waals surface area contributed by atoms with Crippen molar-refractivity contribution in [1.29, 1.82) is 0 Å². The number of hydrogen-bond donors (Lipinski definition) is 1. The lowest BCUT2D eigenvalue weighted by molar-refractivity contribution is -0.121. The van der Waals surface area contributed by atoms with Crippen molar-refractivity contribution in [3.05, 3.63) is 42.5 Å². The molecule has 1 fully saturated rings. The van der Waals surface area contributed by atoms with Crippen LogP contribution in [-0.4, -0.2) is 33.8 Å². The number of amides is 1. The van der Waals surface area contributed by atoms with Crippen LogP contribution in [0.15, 0.2) is 36.9 Å². The third-order valence-corrected chi connectivity index (χ3v) is 4.99. The van der Waals surface area contributed by atoms with Crippen LogP contribution in [0.1, 0.15) is 44.1 Å². The Balaban J connectivity index is 1.44. The molecule has 1 aromatic heterocycles. The lowest BCUT2D eigenvalue weighted by atomic mass is 9.94. The van der Waals surface area contributed by atoms with Crippen LogP contribution in [0, 0.1) is 0 Å². The molecule has 2 aromatic rings. The van der Waals surface area contributed by atoms with Crippen molar-refractivity contribution < 1.29 is 4.79 Å². The summed E-state index contributed by atoms with van der Waals surface area (Å²) in [5, 5.41) is 6.95. The number of benzene rings is 1. The summed E-state index contributed by atoms with van der Waals surface area (Å²) >= 11 is 0. The first-order valence-electron chi connectivity index (χ1n) is 9.13. The zero-order chi connectivity index (χ0) is 17.5. The molecule has 0 spiro atoms. The number of nitrogens with one attached hydrogen (secondary N) is 1. The highest BCUT2D eigenvalue weighted by atomic mass is 16.1. The number of carbonyl (C=O) groups excluding carboxylic acids is 1. The molecule has 134 valence electrons. The zero-order valence-electron chi connectivity index (χ0n) is 14.9. The van der Waals surface area contributed by atoms with Gasteiger partial charge in [-0.05, 0) is 30.5 Å². The Kier molecular flexibility index (Phi) is 6.04. The zero-order valence-corrected chi connectivity index (χ0v) is 14.9. The summed E-state index contributed by atoms with van der Waals surface area (Å²) < 4.78 is 1.66. The normalized spacial score (nSPS) is 15.1. The molecule has 0 radical (unpaired) electrons. The van der Waals surface area contributed by atoms with Gasteiger partial charge in [0.05, 0.1) is 6.54 Å². The van der Waals surface area contributed by atoms with E-state index in [1.165, 1.54) is 44.1 Å². The first kappa shape index (κ1) is 17.5. The van der Waals surface area contributed by atoms with Crippen molar-refractivity contribution >= 4 is 11.6 Å². The maximum atomic E-state index is 11.9. The van der Waals surface area contributed by atoms with E-state index in [0.29, 0.717) is 25.6 Å². The van der Waals surface area contributed by atoms with Crippen molar-refractivity contribution in [3.63, 3.8) is 0 Å². The molecule has 25 heavy (non-hydrogen) atoms. The van der Waals surface area contributed by atoms with Crippen molar-refractivity contribution in [1.82, 2.24) is 20.1 Å². The van der Waals surface area contributed by atoms with Crippen LogP contribution in [0.4, 0.5) is 5.69 Å². The average molecular weight is 341 g/mol. The highest BCUT2D eigenvalue weighted by molar-refractivity contribution is 5.75. The SMILES string of the molecule is CN(c1ccc(CNC(=O)CCn2cncn2)cc1)C1CCCCC1. The van der Waals surface area contributed by atoms with Crippen LogP contribution in [0.25, 0.3) is 0 Å². The van der Waals surface area contributed by atoms with Gasteiger partial charge >= 0.3 is 0 Å². The van der Waals surface area contributed by atoms with E-state index in [2.05, 4.69) is 51.6 Å². The lowest BCUT2D eigenvalue weighted by Gasteiger charge is -2.33. The molecule has 1 saturated carbocycles. The van der Waals surface area contributed by atoms with Crippen LogP contribution in [0.3, 0.4) is 0 Å². The summed E-state index contributed by atoms with van der Waals surface area (Å²) in [5.74, 6) is 0.0268. The van der Waals surface area contributed by atoms with E-state index < -0.39 is 0 Å². The Morgan fingerprint density at radius 1 is 1.24 bits per heavy atom. The fourth-order valence-electron chi connectivity index (χ4n) is 3.38. The molecule has 1 aliphatic carbocycles. The molecule has 1 N–H and O–H groups in total. The Labute approximate surface area is 149 Å². The first-order chi connectivity index (χ1) is 12.2. The fourth-order valence-corrected chi connectivity index (χ4v) is 3.38. The predicted octanol–water partition coefficient (Wildman–Crippen LogP) is 2.75. The number of aryl methyl sites for hydroxylation is 1. The standard InChI is InChI=1S/C19H27N5O/c1-23(17-5-3-2-4-6-17)18-9-7-16(8-10-18)13-21-19(25)11-12-24-15-20-14-22-24/h7-10,14-15,17H,2-6,11-13H2,1H3,(H,21,25). The Hall–Kier alpha value is -2.37.